The summed E-state index contributed by atoms with van der Waals surface area (Å²) in [5.41, 5.74) is 5.57. The van der Waals surface area contributed by atoms with E-state index in [1.807, 2.05) is 27.7 Å². The Bertz CT molecular complexity index is 197. The van der Waals surface area contributed by atoms with Crippen LogP contribution in [0.4, 0.5) is 0 Å². The zero-order valence-electron chi connectivity index (χ0n) is 8.79. The van der Waals surface area contributed by atoms with Gasteiger partial charge in [0.25, 0.3) is 0 Å². The summed E-state index contributed by atoms with van der Waals surface area (Å²) >= 11 is 0. The number of amidine groups is 1. The van der Waals surface area contributed by atoms with Crippen LogP contribution in [0.2, 0.25) is 0 Å². The van der Waals surface area contributed by atoms with Crippen molar-refractivity contribution in [3.05, 3.63) is 0 Å². The molecule has 0 heterocycles. The molecule has 13 heavy (non-hydrogen) atoms. The molecule has 0 atom stereocenters. The summed E-state index contributed by atoms with van der Waals surface area (Å²) in [6.45, 7) is 7.83. The fraction of sp³-hybridized carbons (Fsp3) is 0.778. The van der Waals surface area contributed by atoms with Crippen LogP contribution in [-0.2, 0) is 4.79 Å². The van der Waals surface area contributed by atoms with Crippen molar-refractivity contribution >= 4 is 11.7 Å². The number of aliphatic imine (C=N–C) groups is 1. The fourth-order valence-corrected chi connectivity index (χ4v) is 0.713. The Morgan fingerprint density at radius 3 is 2.31 bits per heavy atom. The van der Waals surface area contributed by atoms with Gasteiger partial charge in [-0.1, -0.05) is 13.8 Å². The van der Waals surface area contributed by atoms with Crippen LogP contribution in [0.15, 0.2) is 4.99 Å². The lowest BCUT2D eigenvalue weighted by Gasteiger charge is -2.07. The van der Waals surface area contributed by atoms with Gasteiger partial charge in [-0.25, -0.2) is 0 Å². The van der Waals surface area contributed by atoms with E-state index in [0.717, 1.165) is 0 Å². The van der Waals surface area contributed by atoms with E-state index in [0.29, 0.717) is 5.84 Å². The van der Waals surface area contributed by atoms with Crippen molar-refractivity contribution in [2.45, 2.75) is 33.7 Å². The minimum Gasteiger partial charge on any atom is -0.387 e. The number of hydrogen-bond acceptors (Lipinski definition) is 2. The summed E-state index contributed by atoms with van der Waals surface area (Å²) < 4.78 is 0. The van der Waals surface area contributed by atoms with Crippen molar-refractivity contribution in [2.24, 2.45) is 16.6 Å². The lowest BCUT2D eigenvalue weighted by molar-refractivity contribution is -0.120. The fourth-order valence-electron chi connectivity index (χ4n) is 0.713. The first-order valence-electron chi connectivity index (χ1n) is 4.52. The van der Waals surface area contributed by atoms with Crippen LogP contribution in [-0.4, -0.2) is 24.3 Å². The van der Waals surface area contributed by atoms with E-state index in [1.54, 1.807) is 0 Å². The largest absolute Gasteiger partial charge is 0.387 e. The minimum absolute atomic E-state index is 0.0846. The predicted molar refractivity (Wildman–Crippen MR) is 54.6 cm³/mol. The highest BCUT2D eigenvalue weighted by Gasteiger charge is 2.03. The number of nitrogens with two attached hydrogens (primary N) is 1. The summed E-state index contributed by atoms with van der Waals surface area (Å²) in [7, 11) is 0. The van der Waals surface area contributed by atoms with Gasteiger partial charge in [-0.05, 0) is 13.8 Å². The average molecular weight is 185 g/mol. The number of amides is 1. The molecule has 0 aromatic heterocycles. The van der Waals surface area contributed by atoms with Crippen LogP contribution in [0, 0.1) is 5.92 Å². The maximum Gasteiger partial charge on any atom is 0.241 e. The van der Waals surface area contributed by atoms with Gasteiger partial charge in [0, 0.05) is 12.0 Å². The number of nitrogens with zero attached hydrogens (tertiary/aromatic N) is 1. The third kappa shape index (κ3) is 6.13. The summed E-state index contributed by atoms with van der Waals surface area (Å²) in [5.74, 6) is 0.643. The number of carbonyl (C=O) groups excluding carboxylic acids is 1. The topological polar surface area (TPSA) is 67.5 Å². The van der Waals surface area contributed by atoms with E-state index in [-0.39, 0.29) is 24.4 Å². The first kappa shape index (κ1) is 11.9. The predicted octanol–water partition coefficient (Wildman–Crippen LogP) is 0.524. The molecule has 3 N–H and O–H groups in total. The van der Waals surface area contributed by atoms with Crippen molar-refractivity contribution < 1.29 is 4.79 Å². The maximum absolute atomic E-state index is 11.1. The summed E-state index contributed by atoms with van der Waals surface area (Å²) in [6.07, 6.45) is 0. The van der Waals surface area contributed by atoms with Crippen LogP contribution >= 0.6 is 0 Å². The van der Waals surface area contributed by atoms with Gasteiger partial charge in [0.1, 0.15) is 6.54 Å². The third-order valence-corrected chi connectivity index (χ3v) is 1.45. The van der Waals surface area contributed by atoms with Gasteiger partial charge < -0.3 is 11.1 Å². The molecule has 0 spiro atoms. The van der Waals surface area contributed by atoms with Gasteiger partial charge >= 0.3 is 0 Å². The molecule has 0 aromatic rings. The molecule has 4 nitrogen and oxygen atoms in total. The standard InChI is InChI=1S/C9H19N3O/c1-6(2)9(10)11-5-8(13)12-7(3)4/h6-7H,5H2,1-4H3,(H2,10,11)(H,12,13). The smallest absolute Gasteiger partial charge is 0.241 e. The molecule has 0 aromatic carbocycles. The van der Waals surface area contributed by atoms with Crippen molar-refractivity contribution in [2.75, 3.05) is 6.54 Å². The molecule has 0 rings (SSSR count). The first-order chi connectivity index (χ1) is 5.93. The second-order valence-corrected chi connectivity index (χ2v) is 3.62. The summed E-state index contributed by atoms with van der Waals surface area (Å²) in [4.78, 5) is 15.1. The minimum atomic E-state index is -0.0846. The van der Waals surface area contributed by atoms with Gasteiger partial charge in [0.2, 0.25) is 5.91 Å². The van der Waals surface area contributed by atoms with Gasteiger partial charge in [0.05, 0.1) is 5.84 Å². The van der Waals surface area contributed by atoms with Gasteiger partial charge in [-0.2, -0.15) is 0 Å². The van der Waals surface area contributed by atoms with E-state index < -0.39 is 0 Å². The van der Waals surface area contributed by atoms with Crippen LogP contribution in [0.3, 0.4) is 0 Å². The molecule has 0 radical (unpaired) electrons. The molecular weight excluding hydrogens is 166 g/mol. The molecule has 76 valence electrons. The highest BCUT2D eigenvalue weighted by atomic mass is 16.1. The van der Waals surface area contributed by atoms with Crippen LogP contribution in [0.5, 0.6) is 0 Å². The zero-order valence-corrected chi connectivity index (χ0v) is 8.79. The lowest BCUT2D eigenvalue weighted by Crippen LogP contribution is -2.33. The summed E-state index contributed by atoms with van der Waals surface area (Å²) in [5, 5.41) is 2.74. The molecule has 0 aliphatic carbocycles. The third-order valence-electron chi connectivity index (χ3n) is 1.45. The Morgan fingerprint density at radius 1 is 1.38 bits per heavy atom. The first-order valence-corrected chi connectivity index (χ1v) is 4.52. The number of carbonyl (C=O) groups is 1. The van der Waals surface area contributed by atoms with Crippen molar-refractivity contribution in [3.63, 3.8) is 0 Å². The van der Waals surface area contributed by atoms with Crippen LogP contribution < -0.4 is 11.1 Å². The Hall–Kier alpha value is -1.06. The molecule has 0 saturated heterocycles. The molecule has 4 heteroatoms. The molecule has 0 unspecified atom stereocenters. The van der Waals surface area contributed by atoms with E-state index in [9.17, 15) is 4.79 Å². The Balaban J connectivity index is 3.88. The molecule has 0 aliphatic rings. The normalized spacial score (nSPS) is 12.3. The maximum atomic E-state index is 11.1. The zero-order chi connectivity index (χ0) is 10.4. The second-order valence-electron chi connectivity index (χ2n) is 3.62. The molecular formula is C9H19N3O. The molecule has 0 saturated carbocycles. The molecule has 1 amide bonds. The van der Waals surface area contributed by atoms with E-state index in [4.69, 9.17) is 5.73 Å². The molecule has 0 bridgehead atoms. The van der Waals surface area contributed by atoms with Gasteiger partial charge in [0.15, 0.2) is 0 Å². The van der Waals surface area contributed by atoms with Gasteiger partial charge in [-0.15, -0.1) is 0 Å². The monoisotopic (exact) mass is 185 g/mol. The highest BCUT2D eigenvalue weighted by molar-refractivity contribution is 5.86. The second kappa shape index (κ2) is 5.56. The average Bonchev–Trinajstić information content (AvgIpc) is 1.98. The SMILES string of the molecule is CC(C)NC(=O)CN=C(N)C(C)C. The highest BCUT2D eigenvalue weighted by Crippen LogP contribution is 1.91. The summed E-state index contributed by atoms with van der Waals surface area (Å²) in [6, 6.07) is 0.156. The van der Waals surface area contributed by atoms with Crippen molar-refractivity contribution in [1.29, 1.82) is 0 Å². The van der Waals surface area contributed by atoms with Gasteiger partial charge in [-0.3, -0.25) is 9.79 Å². The van der Waals surface area contributed by atoms with E-state index in [2.05, 4.69) is 10.3 Å². The Labute approximate surface area is 79.6 Å². The van der Waals surface area contributed by atoms with Crippen molar-refractivity contribution in [3.8, 4) is 0 Å². The molecule has 0 fully saturated rings. The van der Waals surface area contributed by atoms with Crippen LogP contribution in [0.25, 0.3) is 0 Å². The Kier molecular flexibility index (Phi) is 5.11. The van der Waals surface area contributed by atoms with E-state index in [1.165, 1.54) is 0 Å². The Morgan fingerprint density at radius 2 is 1.92 bits per heavy atom. The number of rotatable bonds is 4. The number of hydrogen-bond donors (Lipinski definition) is 2. The van der Waals surface area contributed by atoms with E-state index >= 15 is 0 Å². The quantitative estimate of drug-likeness (QED) is 0.495. The molecule has 0 aliphatic heterocycles. The number of nitrogens with one attached hydrogen (secondary N) is 1. The van der Waals surface area contributed by atoms with Crippen LogP contribution in [0.1, 0.15) is 27.7 Å². The van der Waals surface area contributed by atoms with Crippen molar-refractivity contribution in [1.82, 2.24) is 5.32 Å². The lowest BCUT2D eigenvalue weighted by atomic mass is 10.2.